The molecule has 1 aliphatic carbocycles. The number of nitrogens with zero attached hydrogens (tertiary/aromatic N) is 1. The van der Waals surface area contributed by atoms with E-state index in [2.05, 4.69) is 27.8 Å². The van der Waals surface area contributed by atoms with Crippen molar-refractivity contribution in [2.45, 2.75) is 0 Å². The maximum Gasteiger partial charge on any atom is 0.197 e. The number of hydrogen-bond acceptors (Lipinski definition) is 4. The summed E-state index contributed by atoms with van der Waals surface area (Å²) in [4.78, 5) is 4.05. The van der Waals surface area contributed by atoms with Crippen LogP contribution in [0.2, 0.25) is 0 Å². The Morgan fingerprint density at radius 1 is 1.40 bits per heavy atom. The van der Waals surface area contributed by atoms with Crippen LogP contribution in [0.25, 0.3) is 11.8 Å². The Morgan fingerprint density at radius 3 is 3.27 bits per heavy atom. The first kappa shape index (κ1) is 8.49. The molecule has 3 rings (SSSR count). The van der Waals surface area contributed by atoms with Gasteiger partial charge in [-0.1, -0.05) is 12.2 Å². The minimum absolute atomic E-state index is 0.446. The molecule has 3 nitrogen and oxygen atoms in total. The van der Waals surface area contributed by atoms with E-state index in [0.29, 0.717) is 5.96 Å². The number of hydrogen-bond donors (Lipinski definition) is 2. The van der Waals surface area contributed by atoms with E-state index in [1.165, 1.54) is 9.75 Å². The topological polar surface area (TPSA) is 50.4 Å². The molecule has 1 aromatic heterocycles. The predicted molar refractivity (Wildman–Crippen MR) is 63.4 cm³/mol. The number of fused-ring (bicyclic) bond motifs is 2. The lowest BCUT2D eigenvalue weighted by molar-refractivity contribution is 1.18. The van der Waals surface area contributed by atoms with E-state index < -0.39 is 0 Å². The fraction of sp³-hybridized carbons (Fsp3) is 0. The molecule has 0 aromatic carbocycles. The normalized spacial score (nSPS) is 17.7. The molecule has 3 N–H and O–H groups in total. The van der Waals surface area contributed by atoms with Crippen LogP contribution in [0.1, 0.15) is 0 Å². The van der Waals surface area contributed by atoms with Crippen LogP contribution in [-0.2, 0) is 0 Å². The van der Waals surface area contributed by atoms with Gasteiger partial charge in [0.2, 0.25) is 0 Å². The van der Waals surface area contributed by atoms with E-state index in [1.54, 1.807) is 17.5 Å². The molecule has 0 saturated carbocycles. The Labute approximate surface area is 90.6 Å². The summed E-state index contributed by atoms with van der Waals surface area (Å²) in [6.07, 6.45) is 7.96. The third kappa shape index (κ3) is 1.30. The summed E-state index contributed by atoms with van der Waals surface area (Å²) in [6, 6.07) is 2.10. The van der Waals surface area contributed by atoms with E-state index in [9.17, 15) is 0 Å². The Balaban J connectivity index is 2.40. The lowest BCUT2D eigenvalue weighted by Crippen LogP contribution is -2.37. The molecule has 0 bridgehead atoms. The standard InChI is InChI=1S/C11H9N3S/c12-11-13-6-7-2-1-3-9-8(4-5-15-9)10(7)14-11/h1-6H,(H3,12,13,14). The summed E-state index contributed by atoms with van der Waals surface area (Å²) < 4.78 is 1.24. The zero-order chi connectivity index (χ0) is 10.3. The van der Waals surface area contributed by atoms with E-state index in [0.717, 1.165) is 11.3 Å². The summed E-state index contributed by atoms with van der Waals surface area (Å²) in [6.45, 7) is 0. The molecule has 0 amide bonds. The number of guanidine groups is 1. The molecule has 0 saturated heterocycles. The zero-order valence-corrected chi connectivity index (χ0v) is 8.71. The number of aliphatic imine (C=N–C) groups is 1. The number of allylic oxidation sites excluding steroid dienone is 1. The predicted octanol–water partition coefficient (Wildman–Crippen LogP) is 0.00840. The average Bonchev–Trinajstić information content (AvgIpc) is 2.62. The van der Waals surface area contributed by atoms with Gasteiger partial charge >= 0.3 is 0 Å². The first-order valence-electron chi connectivity index (χ1n) is 4.62. The maximum absolute atomic E-state index is 5.66. The molecular formula is C11H9N3S. The SMILES string of the molecule is NC1=NC=C2C=CC=c3sccc3=C2N1. The van der Waals surface area contributed by atoms with Crippen molar-refractivity contribution in [1.82, 2.24) is 5.32 Å². The Bertz CT molecular complexity index is 617. The van der Waals surface area contributed by atoms with Gasteiger partial charge < -0.3 is 11.1 Å². The van der Waals surface area contributed by atoms with Crippen molar-refractivity contribution in [3.05, 3.63) is 45.1 Å². The summed E-state index contributed by atoms with van der Waals surface area (Å²) in [5, 5.41) is 6.38. The Kier molecular flexibility index (Phi) is 1.76. The third-order valence-corrected chi connectivity index (χ3v) is 3.25. The van der Waals surface area contributed by atoms with Crippen LogP contribution in [0.4, 0.5) is 0 Å². The molecule has 0 atom stereocenters. The number of rotatable bonds is 0. The molecule has 0 fully saturated rings. The van der Waals surface area contributed by atoms with Gasteiger partial charge in [-0.3, -0.25) is 0 Å². The molecular weight excluding hydrogens is 206 g/mol. The van der Waals surface area contributed by atoms with E-state index in [-0.39, 0.29) is 0 Å². The highest BCUT2D eigenvalue weighted by Gasteiger charge is 2.11. The van der Waals surface area contributed by atoms with Crippen molar-refractivity contribution >= 4 is 29.1 Å². The smallest absolute Gasteiger partial charge is 0.197 e. The van der Waals surface area contributed by atoms with Gasteiger partial charge in [-0.25, -0.2) is 4.99 Å². The molecule has 2 heterocycles. The van der Waals surface area contributed by atoms with Crippen LogP contribution in [0.3, 0.4) is 0 Å². The lowest BCUT2D eigenvalue weighted by atomic mass is 10.1. The highest BCUT2D eigenvalue weighted by molar-refractivity contribution is 7.07. The highest BCUT2D eigenvalue weighted by Crippen LogP contribution is 2.13. The molecule has 4 heteroatoms. The lowest BCUT2D eigenvalue weighted by Gasteiger charge is -2.13. The molecule has 0 spiro atoms. The van der Waals surface area contributed by atoms with E-state index in [4.69, 9.17) is 5.73 Å². The fourth-order valence-electron chi connectivity index (χ4n) is 1.68. The zero-order valence-electron chi connectivity index (χ0n) is 7.90. The summed E-state index contributed by atoms with van der Waals surface area (Å²) in [5.41, 5.74) is 7.77. The molecule has 2 aliphatic rings. The average molecular weight is 215 g/mol. The van der Waals surface area contributed by atoms with E-state index in [1.807, 2.05) is 12.2 Å². The largest absolute Gasteiger partial charge is 0.369 e. The second kappa shape index (κ2) is 3.10. The fourth-order valence-corrected chi connectivity index (χ4v) is 2.49. The number of nitrogens with two attached hydrogens (primary N) is 1. The van der Waals surface area contributed by atoms with Gasteiger partial charge in [0.25, 0.3) is 0 Å². The van der Waals surface area contributed by atoms with Crippen molar-refractivity contribution in [2.75, 3.05) is 0 Å². The third-order valence-electron chi connectivity index (χ3n) is 2.37. The van der Waals surface area contributed by atoms with Gasteiger partial charge in [0.1, 0.15) is 0 Å². The maximum atomic E-state index is 5.66. The van der Waals surface area contributed by atoms with Gasteiger partial charge in [0.05, 0.1) is 5.70 Å². The minimum Gasteiger partial charge on any atom is -0.369 e. The first-order valence-corrected chi connectivity index (χ1v) is 5.49. The van der Waals surface area contributed by atoms with Crippen molar-refractivity contribution < 1.29 is 0 Å². The van der Waals surface area contributed by atoms with Crippen LogP contribution in [-0.4, -0.2) is 5.96 Å². The summed E-state index contributed by atoms with van der Waals surface area (Å²) >= 11 is 1.72. The van der Waals surface area contributed by atoms with Crippen LogP contribution >= 0.6 is 11.3 Å². The van der Waals surface area contributed by atoms with Crippen LogP contribution in [0.15, 0.2) is 40.4 Å². The van der Waals surface area contributed by atoms with E-state index >= 15 is 0 Å². The van der Waals surface area contributed by atoms with Gasteiger partial charge in [0, 0.05) is 21.5 Å². The van der Waals surface area contributed by atoms with Gasteiger partial charge in [-0.2, -0.15) is 0 Å². The Hall–Kier alpha value is -1.81. The molecule has 1 aliphatic heterocycles. The molecule has 74 valence electrons. The van der Waals surface area contributed by atoms with Crippen molar-refractivity contribution in [3.8, 4) is 0 Å². The van der Waals surface area contributed by atoms with Crippen LogP contribution in [0, 0.1) is 0 Å². The number of nitrogens with one attached hydrogen (secondary N) is 1. The molecule has 0 unspecified atom stereocenters. The molecule has 0 radical (unpaired) electrons. The van der Waals surface area contributed by atoms with Crippen molar-refractivity contribution in [1.29, 1.82) is 0 Å². The number of thiophene rings is 1. The van der Waals surface area contributed by atoms with Crippen LogP contribution < -0.4 is 20.8 Å². The second-order valence-electron chi connectivity index (χ2n) is 3.32. The van der Waals surface area contributed by atoms with Crippen molar-refractivity contribution in [2.24, 2.45) is 10.7 Å². The highest BCUT2D eigenvalue weighted by atomic mass is 32.1. The van der Waals surface area contributed by atoms with Gasteiger partial charge in [0.15, 0.2) is 5.96 Å². The monoisotopic (exact) mass is 215 g/mol. The van der Waals surface area contributed by atoms with Gasteiger partial charge in [-0.05, 0) is 17.5 Å². The summed E-state index contributed by atoms with van der Waals surface area (Å²) in [5.74, 6) is 0.446. The summed E-state index contributed by atoms with van der Waals surface area (Å²) in [7, 11) is 0. The Morgan fingerprint density at radius 2 is 2.33 bits per heavy atom. The molecule has 15 heavy (non-hydrogen) atoms. The van der Waals surface area contributed by atoms with Gasteiger partial charge in [-0.15, -0.1) is 11.3 Å². The van der Waals surface area contributed by atoms with Crippen LogP contribution in [0.5, 0.6) is 0 Å². The quantitative estimate of drug-likeness (QED) is 0.640. The first-order chi connectivity index (χ1) is 7.34. The minimum atomic E-state index is 0.446. The molecule has 1 aromatic rings. The second-order valence-corrected chi connectivity index (χ2v) is 4.27. The van der Waals surface area contributed by atoms with Crippen molar-refractivity contribution in [3.63, 3.8) is 0 Å².